The summed E-state index contributed by atoms with van der Waals surface area (Å²) >= 11 is 0. The first-order valence-corrected chi connectivity index (χ1v) is 10.1. The highest BCUT2D eigenvalue weighted by Gasteiger charge is 2.23. The van der Waals surface area contributed by atoms with Gasteiger partial charge in [-0.2, -0.15) is 0 Å². The van der Waals surface area contributed by atoms with Crippen molar-refractivity contribution in [1.82, 2.24) is 14.1 Å². The molecule has 0 saturated carbocycles. The number of imidazole rings is 1. The summed E-state index contributed by atoms with van der Waals surface area (Å²) in [6.07, 6.45) is 0. The molecule has 6 heteroatoms. The van der Waals surface area contributed by atoms with E-state index >= 15 is 0 Å². The van der Waals surface area contributed by atoms with Crippen LogP contribution in [-0.4, -0.2) is 31.3 Å². The Labute approximate surface area is 178 Å². The lowest BCUT2D eigenvalue weighted by Gasteiger charge is -2.10. The summed E-state index contributed by atoms with van der Waals surface area (Å²) in [7, 11) is -1.68. The Morgan fingerprint density at radius 2 is 1.19 bits per heavy atom. The van der Waals surface area contributed by atoms with Crippen molar-refractivity contribution in [2.75, 3.05) is 0 Å². The molecule has 2 aromatic heterocycles. The zero-order chi connectivity index (χ0) is 20.9. The topological polar surface area (TPSA) is 63.2 Å². The molecule has 0 spiro atoms. The molecule has 0 fully saturated rings. The van der Waals surface area contributed by atoms with Gasteiger partial charge in [-0.3, -0.25) is 4.57 Å². The third-order valence-electron chi connectivity index (χ3n) is 5.75. The van der Waals surface area contributed by atoms with Gasteiger partial charge in [-0.05, 0) is 42.5 Å². The van der Waals surface area contributed by atoms with Crippen molar-refractivity contribution >= 4 is 45.7 Å². The van der Waals surface area contributed by atoms with E-state index in [4.69, 9.17) is 0 Å². The molecule has 6 rings (SSSR count). The highest BCUT2D eigenvalue weighted by Crippen LogP contribution is 2.32. The molecular formula is C25H18BN3O2. The smallest absolute Gasteiger partial charge is 0.421 e. The first kappa shape index (κ1) is 17.9. The minimum Gasteiger partial charge on any atom is -0.421 e. The maximum Gasteiger partial charge on any atom is 0.526 e. The second kappa shape index (κ2) is 6.84. The number of rotatable bonds is 3. The number of para-hydroxylation sites is 3. The number of fused-ring (bicyclic) bond motifs is 4. The SMILES string of the molecule is OB(O)c1nc2cc(-n3c4ccccc4c4ccccc43)ccc2n1-c1ccccc1. The van der Waals surface area contributed by atoms with Crippen LogP contribution in [0.1, 0.15) is 0 Å². The lowest BCUT2D eigenvalue weighted by Crippen LogP contribution is -2.37. The molecule has 6 aromatic rings. The minimum absolute atomic E-state index is 0.195. The fourth-order valence-corrected chi connectivity index (χ4v) is 4.45. The van der Waals surface area contributed by atoms with Gasteiger partial charge in [0, 0.05) is 22.1 Å². The summed E-state index contributed by atoms with van der Waals surface area (Å²) in [5.41, 5.74) is 5.76. The van der Waals surface area contributed by atoms with Crippen LogP contribution in [0.2, 0.25) is 0 Å². The molecule has 0 radical (unpaired) electrons. The van der Waals surface area contributed by atoms with Crippen LogP contribution in [0.25, 0.3) is 44.2 Å². The molecule has 0 saturated heterocycles. The van der Waals surface area contributed by atoms with Crippen LogP contribution in [0, 0.1) is 0 Å². The fraction of sp³-hybridized carbons (Fsp3) is 0. The van der Waals surface area contributed by atoms with E-state index in [0.29, 0.717) is 5.52 Å². The Hall–Kier alpha value is -3.87. The third kappa shape index (κ3) is 2.70. The van der Waals surface area contributed by atoms with Gasteiger partial charge >= 0.3 is 7.12 Å². The second-order valence-corrected chi connectivity index (χ2v) is 7.56. The zero-order valence-electron chi connectivity index (χ0n) is 16.6. The van der Waals surface area contributed by atoms with E-state index in [0.717, 1.165) is 27.9 Å². The summed E-state index contributed by atoms with van der Waals surface area (Å²) in [4.78, 5) is 4.57. The largest absolute Gasteiger partial charge is 0.526 e. The van der Waals surface area contributed by atoms with Gasteiger partial charge in [-0.15, -0.1) is 0 Å². The van der Waals surface area contributed by atoms with Crippen LogP contribution in [-0.2, 0) is 0 Å². The molecule has 2 N–H and O–H groups in total. The third-order valence-corrected chi connectivity index (χ3v) is 5.75. The highest BCUT2D eigenvalue weighted by molar-refractivity contribution is 6.57. The second-order valence-electron chi connectivity index (χ2n) is 7.56. The van der Waals surface area contributed by atoms with Gasteiger partial charge in [-0.1, -0.05) is 54.6 Å². The van der Waals surface area contributed by atoms with Gasteiger partial charge in [0.2, 0.25) is 0 Å². The standard InChI is InChI=1S/C25H18BN3O2/c30-26(31)25-27-21-16-18(14-15-24(21)29(25)17-8-2-1-3-9-17)28-22-12-6-4-10-19(22)20-11-5-7-13-23(20)28/h1-16,30-31H. The van der Waals surface area contributed by atoms with Crippen LogP contribution in [0.3, 0.4) is 0 Å². The minimum atomic E-state index is -1.68. The molecule has 2 heterocycles. The molecule has 0 unspecified atom stereocenters. The van der Waals surface area contributed by atoms with E-state index in [9.17, 15) is 10.0 Å². The molecule has 31 heavy (non-hydrogen) atoms. The molecule has 4 aromatic carbocycles. The van der Waals surface area contributed by atoms with Gasteiger partial charge in [0.05, 0.1) is 22.1 Å². The molecule has 0 aliphatic carbocycles. The Kier molecular flexibility index (Phi) is 3.96. The molecule has 0 atom stereocenters. The molecule has 0 aliphatic rings. The van der Waals surface area contributed by atoms with E-state index in [1.165, 1.54) is 10.8 Å². The first-order chi connectivity index (χ1) is 15.2. The summed E-state index contributed by atoms with van der Waals surface area (Å²) in [6.45, 7) is 0. The van der Waals surface area contributed by atoms with Gasteiger partial charge in [0.25, 0.3) is 0 Å². The average Bonchev–Trinajstić information content (AvgIpc) is 3.35. The summed E-state index contributed by atoms with van der Waals surface area (Å²) in [5.74, 6) is 0. The van der Waals surface area contributed by atoms with Crippen molar-refractivity contribution in [3.8, 4) is 11.4 Å². The van der Waals surface area contributed by atoms with Crippen LogP contribution in [0.5, 0.6) is 0 Å². The number of hydrogen-bond donors (Lipinski definition) is 2. The van der Waals surface area contributed by atoms with E-state index in [2.05, 4.69) is 52.0 Å². The van der Waals surface area contributed by atoms with Crippen LogP contribution >= 0.6 is 0 Å². The van der Waals surface area contributed by atoms with Gasteiger partial charge < -0.3 is 14.6 Å². The van der Waals surface area contributed by atoms with Crippen LogP contribution < -0.4 is 5.72 Å². The van der Waals surface area contributed by atoms with E-state index < -0.39 is 7.12 Å². The summed E-state index contributed by atoms with van der Waals surface area (Å²) in [5, 5.41) is 22.3. The number of nitrogens with zero attached hydrogens (tertiary/aromatic N) is 3. The average molecular weight is 403 g/mol. The Bertz CT molecular complexity index is 1520. The maximum atomic E-state index is 9.97. The van der Waals surface area contributed by atoms with E-state index in [-0.39, 0.29) is 5.72 Å². The van der Waals surface area contributed by atoms with Gasteiger partial charge in [-0.25, -0.2) is 4.98 Å². The first-order valence-electron chi connectivity index (χ1n) is 10.1. The van der Waals surface area contributed by atoms with E-state index in [1.54, 1.807) is 4.57 Å². The quantitative estimate of drug-likeness (QED) is 0.442. The predicted molar refractivity (Wildman–Crippen MR) is 125 cm³/mol. The van der Waals surface area contributed by atoms with Crippen molar-refractivity contribution in [3.05, 3.63) is 97.1 Å². The highest BCUT2D eigenvalue weighted by atomic mass is 16.4. The van der Waals surface area contributed by atoms with Crippen molar-refractivity contribution < 1.29 is 10.0 Å². The fourth-order valence-electron chi connectivity index (χ4n) is 4.45. The molecule has 148 valence electrons. The lowest BCUT2D eigenvalue weighted by atomic mass is 9.90. The normalized spacial score (nSPS) is 11.5. The van der Waals surface area contributed by atoms with Crippen molar-refractivity contribution in [3.63, 3.8) is 0 Å². The number of hydrogen-bond acceptors (Lipinski definition) is 3. The number of benzene rings is 4. The maximum absolute atomic E-state index is 9.97. The van der Waals surface area contributed by atoms with Crippen molar-refractivity contribution in [2.45, 2.75) is 0 Å². The Morgan fingerprint density at radius 1 is 0.581 bits per heavy atom. The molecule has 0 aliphatic heterocycles. The van der Waals surface area contributed by atoms with Crippen molar-refractivity contribution in [1.29, 1.82) is 0 Å². The molecule has 5 nitrogen and oxygen atoms in total. The monoisotopic (exact) mass is 403 g/mol. The van der Waals surface area contributed by atoms with Crippen LogP contribution in [0.4, 0.5) is 0 Å². The zero-order valence-corrected chi connectivity index (χ0v) is 16.6. The van der Waals surface area contributed by atoms with Gasteiger partial charge in [0.15, 0.2) is 0 Å². The summed E-state index contributed by atoms with van der Waals surface area (Å²) in [6, 6.07) is 32.3. The predicted octanol–water partition coefficient (Wildman–Crippen LogP) is 3.80. The van der Waals surface area contributed by atoms with Gasteiger partial charge in [0.1, 0.15) is 5.72 Å². The molecular weight excluding hydrogens is 385 g/mol. The Morgan fingerprint density at radius 3 is 1.84 bits per heavy atom. The Balaban J connectivity index is 1.65. The van der Waals surface area contributed by atoms with E-state index in [1.807, 2.05) is 54.6 Å². The molecule has 0 bridgehead atoms. The molecule has 0 amide bonds. The number of aromatic nitrogens is 3. The lowest BCUT2D eigenvalue weighted by molar-refractivity contribution is 0.422. The van der Waals surface area contributed by atoms with Crippen LogP contribution in [0.15, 0.2) is 97.1 Å². The summed E-state index contributed by atoms with van der Waals surface area (Å²) < 4.78 is 4.01. The van der Waals surface area contributed by atoms with Crippen molar-refractivity contribution in [2.24, 2.45) is 0 Å².